The zero-order valence-corrected chi connectivity index (χ0v) is 7.28. The van der Waals surface area contributed by atoms with E-state index in [1.54, 1.807) is 6.92 Å². The molecule has 0 heterocycles. The van der Waals surface area contributed by atoms with E-state index >= 15 is 0 Å². The maximum atomic E-state index is 9.04. The van der Waals surface area contributed by atoms with Gasteiger partial charge in [-0.3, -0.25) is 5.32 Å². The number of nitrogens with two attached hydrogens (primary N) is 1. The van der Waals surface area contributed by atoms with Crippen LogP contribution >= 0.6 is 0 Å². The third kappa shape index (κ3) is 4.31. The largest absolute Gasteiger partial charge is 0.379 e. The number of aliphatic hydroxyl groups excluding tert-OH is 2. The van der Waals surface area contributed by atoms with Crippen molar-refractivity contribution in [3.05, 3.63) is 0 Å². The molecule has 3 unspecified atom stereocenters. The molecule has 0 amide bonds. The maximum Gasteiger partial charge on any atom is 0.118 e. The third-order valence-electron chi connectivity index (χ3n) is 1.52. The van der Waals surface area contributed by atoms with Gasteiger partial charge in [-0.25, -0.2) is 0 Å². The lowest BCUT2D eigenvalue weighted by molar-refractivity contribution is 0.0591. The van der Waals surface area contributed by atoms with Crippen LogP contribution in [0.3, 0.4) is 0 Å². The molecule has 0 rings (SSSR count). The molecule has 0 aromatic rings. The fourth-order valence-corrected chi connectivity index (χ4v) is 0.964. The van der Waals surface area contributed by atoms with Crippen LogP contribution in [0.5, 0.6) is 0 Å². The first kappa shape index (κ1) is 10.8. The van der Waals surface area contributed by atoms with Crippen LogP contribution in [0.15, 0.2) is 0 Å². The lowest BCUT2D eigenvalue weighted by Crippen LogP contribution is -2.51. The minimum Gasteiger partial charge on any atom is -0.379 e. The zero-order chi connectivity index (χ0) is 9.02. The van der Waals surface area contributed by atoms with E-state index in [0.717, 1.165) is 0 Å². The number of hydrogen-bond acceptors (Lipinski definition) is 4. The van der Waals surface area contributed by atoms with E-state index < -0.39 is 12.5 Å². The van der Waals surface area contributed by atoms with Crippen LogP contribution in [0.1, 0.15) is 20.8 Å². The standard InChI is InChI=1S/C7H18N2O2/c1-4(2)6(7(8)11)9-5(3)10/h4-7,9-11H,8H2,1-3H3. The van der Waals surface area contributed by atoms with E-state index in [0.29, 0.717) is 0 Å². The van der Waals surface area contributed by atoms with E-state index in [1.165, 1.54) is 0 Å². The van der Waals surface area contributed by atoms with E-state index in [1.807, 2.05) is 13.8 Å². The molecule has 0 fully saturated rings. The molecule has 0 aliphatic carbocycles. The summed E-state index contributed by atoms with van der Waals surface area (Å²) in [4.78, 5) is 0. The Kier molecular flexibility index (Phi) is 4.60. The molecule has 0 aliphatic rings. The quantitative estimate of drug-likeness (QED) is 0.409. The maximum absolute atomic E-state index is 9.04. The minimum absolute atomic E-state index is 0.199. The van der Waals surface area contributed by atoms with Crippen LogP contribution in [0, 0.1) is 5.92 Å². The molecule has 0 bridgehead atoms. The number of hydrogen-bond donors (Lipinski definition) is 4. The molecular weight excluding hydrogens is 144 g/mol. The Labute approximate surface area is 67.4 Å². The highest BCUT2D eigenvalue weighted by atomic mass is 16.3. The van der Waals surface area contributed by atoms with Gasteiger partial charge in [-0.2, -0.15) is 0 Å². The van der Waals surface area contributed by atoms with Crippen LogP contribution < -0.4 is 11.1 Å². The fraction of sp³-hybridized carbons (Fsp3) is 1.00. The van der Waals surface area contributed by atoms with Gasteiger partial charge < -0.3 is 15.9 Å². The number of nitrogens with one attached hydrogen (secondary N) is 1. The van der Waals surface area contributed by atoms with Crippen molar-refractivity contribution in [2.75, 3.05) is 0 Å². The summed E-state index contributed by atoms with van der Waals surface area (Å²) in [7, 11) is 0. The van der Waals surface area contributed by atoms with Gasteiger partial charge in [-0.15, -0.1) is 0 Å². The van der Waals surface area contributed by atoms with Crippen LogP contribution in [-0.4, -0.2) is 28.7 Å². The summed E-state index contributed by atoms with van der Waals surface area (Å²) in [6.07, 6.45) is -1.56. The summed E-state index contributed by atoms with van der Waals surface area (Å²) in [6.45, 7) is 5.45. The molecule has 0 aliphatic heterocycles. The number of rotatable bonds is 4. The Morgan fingerprint density at radius 3 is 1.73 bits per heavy atom. The van der Waals surface area contributed by atoms with Gasteiger partial charge in [0.1, 0.15) is 12.5 Å². The van der Waals surface area contributed by atoms with Gasteiger partial charge >= 0.3 is 0 Å². The van der Waals surface area contributed by atoms with Crippen LogP contribution in [-0.2, 0) is 0 Å². The first-order valence-corrected chi connectivity index (χ1v) is 3.83. The highest BCUT2D eigenvalue weighted by Crippen LogP contribution is 2.03. The second-order valence-corrected chi connectivity index (χ2v) is 3.10. The summed E-state index contributed by atoms with van der Waals surface area (Å²) >= 11 is 0. The molecule has 0 aromatic heterocycles. The lowest BCUT2D eigenvalue weighted by Gasteiger charge is -2.26. The summed E-state index contributed by atoms with van der Waals surface area (Å²) < 4.78 is 0. The molecule has 68 valence electrons. The highest BCUT2D eigenvalue weighted by molar-refractivity contribution is 4.74. The van der Waals surface area contributed by atoms with E-state index in [-0.39, 0.29) is 12.0 Å². The van der Waals surface area contributed by atoms with Crippen molar-refractivity contribution in [3.63, 3.8) is 0 Å². The molecule has 0 radical (unpaired) electrons. The fourth-order valence-electron chi connectivity index (χ4n) is 0.964. The Balaban J connectivity index is 3.90. The first-order chi connectivity index (χ1) is 4.95. The van der Waals surface area contributed by atoms with Gasteiger partial charge in [0.15, 0.2) is 0 Å². The highest BCUT2D eigenvalue weighted by Gasteiger charge is 2.19. The van der Waals surface area contributed by atoms with Gasteiger partial charge in [-0.05, 0) is 12.8 Å². The summed E-state index contributed by atoms with van der Waals surface area (Å²) in [6, 6.07) is -0.255. The Morgan fingerprint density at radius 1 is 1.18 bits per heavy atom. The van der Waals surface area contributed by atoms with Crippen LogP contribution in [0.4, 0.5) is 0 Å². The second kappa shape index (κ2) is 4.66. The van der Waals surface area contributed by atoms with Crippen molar-refractivity contribution in [2.45, 2.75) is 39.3 Å². The zero-order valence-electron chi connectivity index (χ0n) is 7.28. The van der Waals surface area contributed by atoms with E-state index in [2.05, 4.69) is 5.32 Å². The summed E-state index contributed by atoms with van der Waals surface area (Å²) in [5.41, 5.74) is 5.27. The van der Waals surface area contributed by atoms with Gasteiger partial charge in [-0.1, -0.05) is 13.8 Å². The molecule has 0 saturated heterocycles. The van der Waals surface area contributed by atoms with Crippen LogP contribution in [0.25, 0.3) is 0 Å². The van der Waals surface area contributed by atoms with Crippen molar-refractivity contribution in [1.29, 1.82) is 0 Å². The smallest absolute Gasteiger partial charge is 0.118 e. The van der Waals surface area contributed by atoms with Gasteiger partial charge in [0.05, 0.1) is 6.04 Å². The third-order valence-corrected chi connectivity index (χ3v) is 1.52. The van der Waals surface area contributed by atoms with Gasteiger partial charge in [0.25, 0.3) is 0 Å². The SMILES string of the molecule is CC(O)NC(C(C)C)C(N)O. The second-order valence-electron chi connectivity index (χ2n) is 3.10. The molecule has 3 atom stereocenters. The van der Waals surface area contributed by atoms with E-state index in [4.69, 9.17) is 15.9 Å². The normalized spacial score (nSPS) is 19.9. The Morgan fingerprint density at radius 2 is 1.64 bits per heavy atom. The van der Waals surface area contributed by atoms with Crippen molar-refractivity contribution >= 4 is 0 Å². The molecule has 4 nitrogen and oxygen atoms in total. The topological polar surface area (TPSA) is 78.5 Å². The molecule has 0 saturated carbocycles. The summed E-state index contributed by atoms with van der Waals surface area (Å²) in [5.74, 6) is 0.199. The predicted molar refractivity (Wildman–Crippen MR) is 43.6 cm³/mol. The molecule has 0 spiro atoms. The minimum atomic E-state index is -0.926. The monoisotopic (exact) mass is 162 g/mol. The Bertz CT molecular complexity index is 96.6. The van der Waals surface area contributed by atoms with Crippen molar-refractivity contribution < 1.29 is 10.2 Å². The van der Waals surface area contributed by atoms with Crippen LogP contribution in [0.2, 0.25) is 0 Å². The summed E-state index contributed by atoms with van der Waals surface area (Å²) in [5, 5.41) is 20.7. The molecule has 11 heavy (non-hydrogen) atoms. The average Bonchev–Trinajstić information content (AvgIpc) is 1.81. The van der Waals surface area contributed by atoms with Gasteiger partial charge in [0.2, 0.25) is 0 Å². The van der Waals surface area contributed by atoms with E-state index in [9.17, 15) is 0 Å². The molecular formula is C7H18N2O2. The predicted octanol–water partition coefficient (Wildman–Crippen LogP) is -0.784. The molecule has 0 aromatic carbocycles. The lowest BCUT2D eigenvalue weighted by atomic mass is 10.0. The van der Waals surface area contributed by atoms with Crippen molar-refractivity contribution in [2.24, 2.45) is 11.7 Å². The average molecular weight is 162 g/mol. The van der Waals surface area contributed by atoms with Gasteiger partial charge in [0, 0.05) is 0 Å². The molecule has 4 heteroatoms. The molecule has 5 N–H and O–H groups in total. The Hall–Kier alpha value is -0.160. The van der Waals surface area contributed by atoms with Crippen molar-refractivity contribution in [3.8, 4) is 0 Å². The van der Waals surface area contributed by atoms with Crippen molar-refractivity contribution in [1.82, 2.24) is 5.32 Å². The number of aliphatic hydroxyl groups is 2. The first-order valence-electron chi connectivity index (χ1n) is 3.83.